The maximum Gasteiger partial charge on any atom is 0.249 e. The second-order valence-corrected chi connectivity index (χ2v) is 3.26. The van der Waals surface area contributed by atoms with Gasteiger partial charge in [-0.25, -0.2) is 6.57 Å². The van der Waals surface area contributed by atoms with E-state index in [9.17, 15) is 5.11 Å². The van der Waals surface area contributed by atoms with Crippen LogP contribution in [0.4, 0.5) is 0 Å². The van der Waals surface area contributed by atoms with Crippen molar-refractivity contribution in [3.8, 4) is 0 Å². The molecule has 0 radical (unpaired) electrons. The van der Waals surface area contributed by atoms with Gasteiger partial charge in [-0.1, -0.05) is 19.3 Å². The predicted molar refractivity (Wildman–Crippen MR) is 44.1 cm³/mol. The van der Waals surface area contributed by atoms with Gasteiger partial charge in [-0.05, 0) is 12.8 Å². The Morgan fingerprint density at radius 2 is 1.73 bits per heavy atom. The summed E-state index contributed by atoms with van der Waals surface area (Å²) in [5, 5.41) is 9.46. The lowest BCUT2D eigenvalue weighted by molar-refractivity contribution is 0.134. The van der Waals surface area contributed by atoms with Gasteiger partial charge in [-0.3, -0.25) is 0 Å². The minimum atomic E-state index is -0.354. The molecule has 0 spiro atoms. The number of nitrogens with zero attached hydrogens (tertiary/aromatic N) is 1. The van der Waals surface area contributed by atoms with Crippen molar-refractivity contribution in [3.63, 3.8) is 0 Å². The Hall–Kier alpha value is -0.550. The fraction of sp³-hybridized carbons (Fsp3) is 0.889. The van der Waals surface area contributed by atoms with Crippen LogP contribution in [0.3, 0.4) is 0 Å². The third-order valence-electron chi connectivity index (χ3n) is 2.36. The lowest BCUT2D eigenvalue weighted by Crippen LogP contribution is -2.23. The predicted octanol–water partition coefficient (Wildman–Crippen LogP) is 1.99. The molecule has 2 atom stereocenters. The Labute approximate surface area is 68.0 Å². The molecule has 1 N–H and O–H groups in total. The van der Waals surface area contributed by atoms with Crippen LogP contribution >= 0.6 is 0 Å². The van der Waals surface area contributed by atoms with Crippen LogP contribution in [0.15, 0.2) is 0 Å². The molecular weight excluding hydrogens is 138 g/mol. The SMILES string of the molecule is [C-]#[N+]C1CCCCCCC1O. The van der Waals surface area contributed by atoms with Crippen molar-refractivity contribution in [1.82, 2.24) is 0 Å². The van der Waals surface area contributed by atoms with Crippen molar-refractivity contribution in [2.24, 2.45) is 0 Å². The van der Waals surface area contributed by atoms with Gasteiger partial charge in [-0.15, -0.1) is 0 Å². The van der Waals surface area contributed by atoms with Crippen molar-refractivity contribution < 1.29 is 5.11 Å². The highest BCUT2D eigenvalue weighted by molar-refractivity contribution is 4.86. The van der Waals surface area contributed by atoms with Crippen LogP contribution in [0.5, 0.6) is 0 Å². The molecule has 2 heteroatoms. The average molecular weight is 153 g/mol. The Balaban J connectivity index is 2.41. The number of aliphatic hydroxyl groups is 1. The highest BCUT2D eigenvalue weighted by Gasteiger charge is 2.24. The lowest BCUT2D eigenvalue weighted by Gasteiger charge is -2.15. The van der Waals surface area contributed by atoms with Gasteiger partial charge in [0.15, 0.2) is 0 Å². The van der Waals surface area contributed by atoms with E-state index in [0.29, 0.717) is 0 Å². The highest BCUT2D eigenvalue weighted by atomic mass is 16.3. The van der Waals surface area contributed by atoms with E-state index in [2.05, 4.69) is 4.85 Å². The van der Waals surface area contributed by atoms with Gasteiger partial charge < -0.3 is 9.95 Å². The summed E-state index contributed by atoms with van der Waals surface area (Å²) < 4.78 is 0. The third-order valence-corrected chi connectivity index (χ3v) is 2.36. The summed E-state index contributed by atoms with van der Waals surface area (Å²) in [4.78, 5) is 3.43. The van der Waals surface area contributed by atoms with Crippen molar-refractivity contribution in [2.45, 2.75) is 50.7 Å². The van der Waals surface area contributed by atoms with E-state index in [0.717, 1.165) is 25.7 Å². The molecule has 2 unspecified atom stereocenters. The normalized spacial score (nSPS) is 33.5. The van der Waals surface area contributed by atoms with Crippen LogP contribution in [0.1, 0.15) is 38.5 Å². The molecule has 1 aliphatic rings. The number of rotatable bonds is 0. The van der Waals surface area contributed by atoms with Gasteiger partial charge >= 0.3 is 0 Å². The molecule has 62 valence electrons. The molecule has 1 fully saturated rings. The van der Waals surface area contributed by atoms with E-state index in [1.807, 2.05) is 0 Å². The summed E-state index contributed by atoms with van der Waals surface area (Å²) in [5.74, 6) is 0. The van der Waals surface area contributed by atoms with Crippen LogP contribution < -0.4 is 0 Å². The van der Waals surface area contributed by atoms with E-state index >= 15 is 0 Å². The Morgan fingerprint density at radius 1 is 1.09 bits per heavy atom. The molecule has 11 heavy (non-hydrogen) atoms. The van der Waals surface area contributed by atoms with Crippen LogP contribution in [-0.4, -0.2) is 17.3 Å². The summed E-state index contributed by atoms with van der Waals surface area (Å²) in [5.41, 5.74) is 0. The first-order valence-electron chi connectivity index (χ1n) is 4.39. The molecule has 0 aromatic carbocycles. The standard InChI is InChI=1S/C9H15NO/c1-10-8-6-4-2-3-5-7-9(8)11/h8-9,11H,2-7H2. The minimum absolute atomic E-state index is 0.115. The molecule has 1 aliphatic carbocycles. The van der Waals surface area contributed by atoms with Gasteiger partial charge in [0, 0.05) is 6.42 Å². The number of hydrogen-bond acceptors (Lipinski definition) is 1. The maximum absolute atomic E-state index is 9.46. The van der Waals surface area contributed by atoms with Crippen LogP contribution in [0.2, 0.25) is 0 Å². The molecule has 2 nitrogen and oxygen atoms in total. The highest BCUT2D eigenvalue weighted by Crippen LogP contribution is 2.19. The largest absolute Gasteiger partial charge is 0.385 e. The quantitative estimate of drug-likeness (QED) is 0.529. The zero-order chi connectivity index (χ0) is 8.10. The molecule has 0 heterocycles. The average Bonchev–Trinajstić information content (AvgIpc) is 1.98. The summed E-state index contributed by atoms with van der Waals surface area (Å²) in [6.07, 6.45) is 6.03. The molecule has 0 aromatic heterocycles. The van der Waals surface area contributed by atoms with Gasteiger partial charge in [0.1, 0.15) is 6.10 Å². The zero-order valence-electron chi connectivity index (χ0n) is 6.79. The monoisotopic (exact) mass is 153 g/mol. The van der Waals surface area contributed by atoms with Gasteiger partial charge in [0.25, 0.3) is 0 Å². The van der Waals surface area contributed by atoms with Crippen molar-refractivity contribution in [3.05, 3.63) is 11.4 Å². The van der Waals surface area contributed by atoms with Crippen LogP contribution in [0.25, 0.3) is 4.85 Å². The molecule has 0 aliphatic heterocycles. The van der Waals surface area contributed by atoms with Gasteiger partial charge in [0.2, 0.25) is 6.04 Å². The molecule has 0 amide bonds. The fourth-order valence-corrected chi connectivity index (χ4v) is 1.60. The van der Waals surface area contributed by atoms with Crippen LogP contribution in [0, 0.1) is 6.57 Å². The third kappa shape index (κ3) is 2.51. The summed E-state index contributed by atoms with van der Waals surface area (Å²) in [7, 11) is 0. The van der Waals surface area contributed by atoms with Crippen molar-refractivity contribution >= 4 is 0 Å². The molecular formula is C9H15NO. The first kappa shape index (κ1) is 8.55. The first-order valence-corrected chi connectivity index (χ1v) is 4.39. The Morgan fingerprint density at radius 3 is 2.36 bits per heavy atom. The fourth-order valence-electron chi connectivity index (χ4n) is 1.60. The zero-order valence-corrected chi connectivity index (χ0v) is 6.79. The lowest BCUT2D eigenvalue weighted by atomic mass is 9.95. The van der Waals surface area contributed by atoms with E-state index < -0.39 is 0 Å². The molecule has 0 aromatic rings. The van der Waals surface area contributed by atoms with E-state index in [-0.39, 0.29) is 12.1 Å². The molecule has 1 rings (SSSR count). The molecule has 0 saturated heterocycles. The smallest absolute Gasteiger partial charge is 0.249 e. The summed E-state index contributed by atoms with van der Waals surface area (Å²) >= 11 is 0. The minimum Gasteiger partial charge on any atom is -0.385 e. The van der Waals surface area contributed by atoms with Gasteiger partial charge in [0.05, 0.1) is 0 Å². The van der Waals surface area contributed by atoms with Crippen molar-refractivity contribution in [1.29, 1.82) is 0 Å². The van der Waals surface area contributed by atoms with E-state index in [4.69, 9.17) is 6.57 Å². The Bertz CT molecular complexity index is 150. The first-order chi connectivity index (χ1) is 5.34. The van der Waals surface area contributed by atoms with E-state index in [1.54, 1.807) is 0 Å². The molecule has 1 saturated carbocycles. The summed E-state index contributed by atoms with van der Waals surface area (Å²) in [6, 6.07) is -0.115. The topological polar surface area (TPSA) is 24.6 Å². The Kier molecular flexibility index (Phi) is 3.38. The second-order valence-electron chi connectivity index (χ2n) is 3.26. The second kappa shape index (κ2) is 4.35. The summed E-state index contributed by atoms with van der Waals surface area (Å²) in [6.45, 7) is 6.86. The van der Waals surface area contributed by atoms with Crippen molar-refractivity contribution in [2.75, 3.05) is 0 Å². The maximum atomic E-state index is 9.46. The number of aliphatic hydroxyl groups excluding tert-OH is 1. The molecule has 0 bridgehead atoms. The van der Waals surface area contributed by atoms with Gasteiger partial charge in [-0.2, -0.15) is 0 Å². The van der Waals surface area contributed by atoms with Crippen LogP contribution in [-0.2, 0) is 0 Å². The van der Waals surface area contributed by atoms with E-state index in [1.165, 1.54) is 12.8 Å². The number of hydrogen-bond donors (Lipinski definition) is 1.